The van der Waals surface area contributed by atoms with Gasteiger partial charge in [-0.1, -0.05) is 24.3 Å². The van der Waals surface area contributed by atoms with E-state index in [9.17, 15) is 23.1 Å². The summed E-state index contributed by atoms with van der Waals surface area (Å²) >= 11 is 0.725. The second kappa shape index (κ2) is 8.61. The summed E-state index contributed by atoms with van der Waals surface area (Å²) in [5.74, 6) is -0.251. The van der Waals surface area contributed by atoms with Crippen LogP contribution in [0.25, 0.3) is 10.2 Å². The molecule has 1 atom stereocenters. The number of hydrogen-bond donors (Lipinski definition) is 1. The molecule has 160 valence electrons. The van der Waals surface area contributed by atoms with Crippen molar-refractivity contribution in [2.24, 2.45) is 0 Å². The van der Waals surface area contributed by atoms with Crippen molar-refractivity contribution in [3.63, 3.8) is 0 Å². The molecule has 0 spiro atoms. The van der Waals surface area contributed by atoms with Crippen molar-refractivity contribution in [3.05, 3.63) is 59.1 Å². The highest BCUT2D eigenvalue weighted by Crippen LogP contribution is 2.44. The van der Waals surface area contributed by atoms with Crippen LogP contribution in [-0.2, 0) is 10.4 Å². The van der Waals surface area contributed by atoms with Gasteiger partial charge in [0.05, 0.1) is 23.2 Å². The molecular weight excluding hydrogens is 417 g/mol. The number of carbonyl (C=O) groups excluding carboxylic acids is 1. The molecule has 2 aromatic carbocycles. The molecular formula is C21H21F3N2O3S. The van der Waals surface area contributed by atoms with E-state index < -0.39 is 29.1 Å². The van der Waals surface area contributed by atoms with Gasteiger partial charge in [-0.25, -0.2) is 4.98 Å². The Labute approximate surface area is 175 Å². The topological polar surface area (TPSA) is 62.7 Å². The summed E-state index contributed by atoms with van der Waals surface area (Å²) in [6.07, 6.45) is -6.22. The number of halogens is 3. The van der Waals surface area contributed by atoms with Crippen LogP contribution in [0.15, 0.2) is 48.5 Å². The van der Waals surface area contributed by atoms with Crippen molar-refractivity contribution >= 4 is 27.5 Å². The van der Waals surface area contributed by atoms with Crippen molar-refractivity contribution in [1.82, 2.24) is 9.88 Å². The van der Waals surface area contributed by atoms with E-state index in [4.69, 9.17) is 4.74 Å². The Balaban J connectivity index is 1.70. The zero-order valence-electron chi connectivity index (χ0n) is 16.4. The lowest BCUT2D eigenvalue weighted by Crippen LogP contribution is -2.46. The quantitative estimate of drug-likeness (QED) is 0.598. The van der Waals surface area contributed by atoms with Gasteiger partial charge in [0.2, 0.25) is 11.5 Å². The van der Waals surface area contributed by atoms with Gasteiger partial charge in [0.25, 0.3) is 0 Å². The molecule has 1 aromatic heterocycles. The summed E-state index contributed by atoms with van der Waals surface area (Å²) in [6, 6.07) is 13.8. The van der Waals surface area contributed by atoms with E-state index in [2.05, 4.69) is 4.98 Å². The van der Waals surface area contributed by atoms with Gasteiger partial charge in [-0.3, -0.25) is 4.79 Å². The molecule has 0 fully saturated rings. The number of carbonyl (C=O) groups is 1. The number of para-hydroxylation sites is 1. The van der Waals surface area contributed by atoms with Gasteiger partial charge in [-0.05, 0) is 36.8 Å². The molecule has 30 heavy (non-hydrogen) atoms. The molecule has 1 amide bonds. The number of benzene rings is 2. The average molecular weight is 438 g/mol. The first kappa shape index (κ1) is 22.0. The van der Waals surface area contributed by atoms with Crippen LogP contribution in [0.4, 0.5) is 13.2 Å². The summed E-state index contributed by atoms with van der Waals surface area (Å²) in [7, 11) is 1.37. The van der Waals surface area contributed by atoms with E-state index in [1.54, 1.807) is 30.3 Å². The molecule has 3 rings (SSSR count). The zero-order valence-corrected chi connectivity index (χ0v) is 17.3. The third-order valence-electron chi connectivity index (χ3n) is 4.63. The second-order valence-electron chi connectivity index (χ2n) is 7.00. The Bertz CT molecular complexity index is 1000. The molecule has 0 bridgehead atoms. The third kappa shape index (κ3) is 4.73. The molecule has 1 unspecified atom stereocenters. The normalized spacial score (nSPS) is 13.8. The van der Waals surface area contributed by atoms with Gasteiger partial charge in [0, 0.05) is 7.05 Å². The van der Waals surface area contributed by atoms with E-state index in [-0.39, 0.29) is 13.2 Å². The maximum absolute atomic E-state index is 13.8. The van der Waals surface area contributed by atoms with Crippen molar-refractivity contribution in [3.8, 4) is 5.75 Å². The van der Waals surface area contributed by atoms with Crippen LogP contribution >= 0.6 is 11.3 Å². The molecule has 3 aromatic rings. The van der Waals surface area contributed by atoms with Crippen molar-refractivity contribution in [2.75, 3.05) is 20.2 Å². The first-order valence-electron chi connectivity index (χ1n) is 9.19. The fraction of sp³-hybridized carbons (Fsp3) is 0.333. The van der Waals surface area contributed by atoms with E-state index in [1.807, 2.05) is 25.1 Å². The first-order valence-corrected chi connectivity index (χ1v) is 10.0. The predicted molar refractivity (Wildman–Crippen MR) is 108 cm³/mol. The lowest BCUT2D eigenvalue weighted by Gasteiger charge is -2.29. The monoisotopic (exact) mass is 438 g/mol. The summed E-state index contributed by atoms with van der Waals surface area (Å²) in [6.45, 7) is 2.08. The number of aryl methyl sites for hydroxylation is 1. The van der Waals surface area contributed by atoms with Crippen LogP contribution in [0, 0.1) is 6.92 Å². The maximum Gasteiger partial charge on any atom is 0.424 e. The van der Waals surface area contributed by atoms with Crippen molar-refractivity contribution in [1.29, 1.82) is 0 Å². The maximum atomic E-state index is 13.8. The second-order valence-corrected chi connectivity index (χ2v) is 8.03. The number of alkyl halides is 3. The number of amides is 1. The minimum atomic E-state index is -5.06. The van der Waals surface area contributed by atoms with Crippen molar-refractivity contribution < 1.29 is 27.8 Å². The molecule has 5 nitrogen and oxygen atoms in total. The van der Waals surface area contributed by atoms with Gasteiger partial charge in [0.1, 0.15) is 17.4 Å². The van der Waals surface area contributed by atoms with Gasteiger partial charge >= 0.3 is 6.18 Å². The van der Waals surface area contributed by atoms with Crippen LogP contribution in [-0.4, -0.2) is 47.3 Å². The number of thiazole rings is 1. The van der Waals surface area contributed by atoms with Crippen LogP contribution in [0.3, 0.4) is 0 Å². The minimum absolute atomic E-state index is 0.0700. The number of rotatable bonds is 7. The molecule has 0 radical (unpaired) electrons. The number of likely N-dealkylation sites (N-methyl/N-ethyl adjacent to an activating group) is 1. The Morgan fingerprint density at radius 2 is 1.93 bits per heavy atom. The standard InChI is InChI=1S/C21H21F3N2O3S/c1-14-6-5-7-15(12-14)29-11-10-26(2)18(27)13-20(28,21(22,23)24)19-25-16-8-3-4-9-17(16)30-19/h3-9,12,28H,10-11,13H2,1-2H3. The Kier molecular flexibility index (Phi) is 6.33. The minimum Gasteiger partial charge on any atom is -0.492 e. The van der Waals surface area contributed by atoms with Crippen LogP contribution < -0.4 is 4.74 Å². The number of fused-ring (bicyclic) bond motifs is 1. The number of aromatic nitrogens is 1. The van der Waals surface area contributed by atoms with Gasteiger partial charge < -0.3 is 14.7 Å². The lowest BCUT2D eigenvalue weighted by molar-refractivity contribution is -0.268. The fourth-order valence-corrected chi connectivity index (χ4v) is 3.90. The number of hydrogen-bond acceptors (Lipinski definition) is 5. The molecule has 1 heterocycles. The fourth-order valence-electron chi connectivity index (χ4n) is 2.83. The number of aliphatic hydroxyl groups is 1. The average Bonchev–Trinajstić information content (AvgIpc) is 3.11. The smallest absolute Gasteiger partial charge is 0.424 e. The molecule has 1 N–H and O–H groups in total. The van der Waals surface area contributed by atoms with Crippen LogP contribution in [0.5, 0.6) is 5.75 Å². The molecule has 0 saturated heterocycles. The van der Waals surface area contributed by atoms with Crippen LogP contribution in [0.1, 0.15) is 17.0 Å². The van der Waals surface area contributed by atoms with Gasteiger partial charge in [-0.15, -0.1) is 11.3 Å². The Morgan fingerprint density at radius 1 is 1.20 bits per heavy atom. The lowest BCUT2D eigenvalue weighted by atomic mass is 9.99. The molecule has 9 heteroatoms. The largest absolute Gasteiger partial charge is 0.492 e. The molecule has 0 aliphatic carbocycles. The highest BCUT2D eigenvalue weighted by Gasteiger charge is 2.58. The SMILES string of the molecule is Cc1cccc(OCCN(C)C(=O)CC(O)(c2nc3ccccc3s2)C(F)(F)F)c1. The van der Waals surface area contributed by atoms with E-state index in [1.165, 1.54) is 7.05 Å². The predicted octanol–water partition coefficient (Wildman–Crippen LogP) is 4.28. The Hall–Kier alpha value is -2.65. The Morgan fingerprint density at radius 3 is 2.60 bits per heavy atom. The first-order chi connectivity index (χ1) is 14.1. The number of nitrogens with zero attached hydrogens (tertiary/aromatic N) is 2. The summed E-state index contributed by atoms with van der Waals surface area (Å²) in [5, 5.41) is 9.97. The molecule has 0 aliphatic rings. The van der Waals surface area contributed by atoms with Crippen LogP contribution in [0.2, 0.25) is 0 Å². The summed E-state index contributed by atoms with van der Waals surface area (Å²) in [4.78, 5) is 17.5. The van der Waals surface area contributed by atoms with Gasteiger partial charge in [-0.2, -0.15) is 13.2 Å². The van der Waals surface area contributed by atoms with Crippen molar-refractivity contribution in [2.45, 2.75) is 25.1 Å². The van der Waals surface area contributed by atoms with Gasteiger partial charge in [0.15, 0.2) is 0 Å². The van der Waals surface area contributed by atoms with E-state index >= 15 is 0 Å². The van der Waals surface area contributed by atoms with E-state index in [0.29, 0.717) is 16.0 Å². The zero-order chi connectivity index (χ0) is 21.9. The third-order valence-corrected chi connectivity index (χ3v) is 5.82. The van der Waals surface area contributed by atoms with E-state index in [0.717, 1.165) is 21.8 Å². The summed E-state index contributed by atoms with van der Waals surface area (Å²) < 4.78 is 47.4. The molecule has 0 aliphatic heterocycles. The highest BCUT2D eigenvalue weighted by atomic mass is 32.1. The highest BCUT2D eigenvalue weighted by molar-refractivity contribution is 7.18. The summed E-state index contributed by atoms with van der Waals surface area (Å²) in [5.41, 5.74) is -2.02. The molecule has 0 saturated carbocycles. The number of ether oxygens (including phenoxy) is 1.